The Morgan fingerprint density at radius 1 is 1.32 bits per heavy atom. The molecule has 0 saturated carbocycles. The van der Waals surface area contributed by atoms with Crippen molar-refractivity contribution in [2.75, 3.05) is 12.3 Å². The van der Waals surface area contributed by atoms with E-state index in [0.29, 0.717) is 0 Å². The van der Waals surface area contributed by atoms with Gasteiger partial charge < -0.3 is 5.32 Å². The molecule has 0 unspecified atom stereocenters. The average Bonchev–Trinajstić information content (AvgIpc) is 2.81. The molecule has 0 aliphatic rings. The van der Waals surface area contributed by atoms with Crippen molar-refractivity contribution in [3.63, 3.8) is 0 Å². The number of tetrazole rings is 1. The minimum absolute atomic E-state index is 0.882. The van der Waals surface area contributed by atoms with Gasteiger partial charge in [0.05, 0.1) is 6.54 Å². The summed E-state index contributed by atoms with van der Waals surface area (Å²) in [6.07, 6.45) is 1.15. The molecule has 2 rings (SSSR count). The highest BCUT2D eigenvalue weighted by molar-refractivity contribution is 9.10. The van der Waals surface area contributed by atoms with Crippen LogP contribution in [0.3, 0.4) is 0 Å². The number of aromatic nitrogens is 4. The second kappa shape index (κ2) is 7.62. The molecule has 0 bridgehead atoms. The van der Waals surface area contributed by atoms with Gasteiger partial charge in [-0.05, 0) is 22.6 Å². The van der Waals surface area contributed by atoms with Gasteiger partial charge in [-0.1, -0.05) is 39.8 Å². The minimum atomic E-state index is 0.882. The van der Waals surface area contributed by atoms with Gasteiger partial charge in [-0.3, -0.25) is 0 Å². The van der Waals surface area contributed by atoms with Gasteiger partial charge in [-0.15, -0.1) is 5.10 Å². The highest BCUT2D eigenvalue weighted by Gasteiger charge is 2.02. The Morgan fingerprint density at radius 2 is 2.11 bits per heavy atom. The number of hydrogen-bond donors (Lipinski definition) is 1. The van der Waals surface area contributed by atoms with Gasteiger partial charge in [0.15, 0.2) is 0 Å². The van der Waals surface area contributed by atoms with Crippen molar-refractivity contribution in [1.29, 1.82) is 0 Å². The molecule has 0 aliphatic carbocycles. The van der Waals surface area contributed by atoms with Crippen LogP contribution in [0.1, 0.15) is 12.0 Å². The lowest BCUT2D eigenvalue weighted by atomic mass is 10.2. The standard InChI is InChI=1S/C12H16BrN5S/c1-18-12(15-16-17-18)19-8-2-7-14-9-10-3-5-11(13)6-4-10/h3-6,14H,2,7-9H2,1H3/p+1. The van der Waals surface area contributed by atoms with Gasteiger partial charge in [-0.25, -0.2) is 4.68 Å². The number of rotatable bonds is 7. The summed E-state index contributed by atoms with van der Waals surface area (Å²) in [6, 6.07) is 8.47. The third-order valence-corrected chi connectivity index (χ3v) is 4.28. The molecule has 19 heavy (non-hydrogen) atoms. The zero-order chi connectivity index (χ0) is 13.5. The summed E-state index contributed by atoms with van der Waals surface area (Å²) in [6.45, 7) is 2.15. The molecule has 1 heterocycles. The molecule has 0 saturated heterocycles. The molecule has 102 valence electrons. The van der Waals surface area contributed by atoms with Crippen molar-refractivity contribution in [3.8, 4) is 0 Å². The molecular weight excluding hydrogens is 326 g/mol. The van der Waals surface area contributed by atoms with Crippen molar-refractivity contribution in [1.82, 2.24) is 20.2 Å². The van der Waals surface area contributed by atoms with E-state index in [1.165, 1.54) is 5.56 Å². The normalized spacial score (nSPS) is 10.8. The number of hydrogen-bond acceptors (Lipinski definition) is 4. The van der Waals surface area contributed by atoms with Gasteiger partial charge in [0.2, 0.25) is 5.16 Å². The summed E-state index contributed by atoms with van der Waals surface area (Å²) in [5.74, 6) is 1.05. The molecule has 7 heteroatoms. The summed E-state index contributed by atoms with van der Waals surface area (Å²) in [4.78, 5) is 0. The summed E-state index contributed by atoms with van der Waals surface area (Å²) in [7, 11) is 1.86. The van der Waals surface area contributed by atoms with Crippen molar-refractivity contribution in [2.24, 2.45) is 7.05 Å². The minimum Gasteiger partial charge on any atom is -0.342 e. The molecule has 0 spiro atoms. The second-order valence-corrected chi connectivity index (χ2v) is 6.17. The molecule has 5 nitrogen and oxygen atoms in total. The van der Waals surface area contributed by atoms with Gasteiger partial charge in [0.25, 0.3) is 0 Å². The molecule has 1 aromatic carbocycles. The third kappa shape index (κ3) is 4.93. The lowest BCUT2D eigenvalue weighted by Crippen LogP contribution is -2.82. The van der Waals surface area contributed by atoms with Crippen molar-refractivity contribution in [2.45, 2.75) is 18.1 Å². The number of nitrogens with two attached hydrogens (primary N) is 1. The lowest BCUT2D eigenvalue weighted by molar-refractivity contribution is -0.670. The molecule has 0 fully saturated rings. The van der Waals surface area contributed by atoms with Crippen molar-refractivity contribution in [3.05, 3.63) is 34.3 Å². The fourth-order valence-corrected chi connectivity index (χ4v) is 2.70. The van der Waals surface area contributed by atoms with Crippen LogP contribution in [-0.2, 0) is 13.6 Å². The smallest absolute Gasteiger partial charge is 0.209 e. The molecule has 0 amide bonds. The predicted molar refractivity (Wildman–Crippen MR) is 78.8 cm³/mol. The molecule has 0 atom stereocenters. The van der Waals surface area contributed by atoms with Crippen molar-refractivity contribution >= 4 is 27.7 Å². The lowest BCUT2D eigenvalue weighted by Gasteiger charge is -2.02. The fourth-order valence-electron chi connectivity index (χ4n) is 1.62. The third-order valence-electron chi connectivity index (χ3n) is 2.66. The maximum absolute atomic E-state index is 3.94. The van der Waals surface area contributed by atoms with Crippen LogP contribution >= 0.6 is 27.7 Å². The molecule has 2 aromatic rings. The molecular formula is C12H17BrN5S+. The zero-order valence-electron chi connectivity index (χ0n) is 10.8. The van der Waals surface area contributed by atoms with Crippen molar-refractivity contribution < 1.29 is 5.32 Å². The van der Waals surface area contributed by atoms with E-state index in [-0.39, 0.29) is 0 Å². The zero-order valence-corrected chi connectivity index (χ0v) is 13.2. The van der Waals surface area contributed by atoms with E-state index in [4.69, 9.17) is 0 Å². The van der Waals surface area contributed by atoms with Crippen LogP contribution < -0.4 is 5.32 Å². The second-order valence-electron chi connectivity index (χ2n) is 4.20. The molecule has 2 N–H and O–H groups in total. The van der Waals surface area contributed by atoms with Gasteiger partial charge in [0.1, 0.15) is 6.54 Å². The van der Waals surface area contributed by atoms with Crippen LogP contribution in [-0.4, -0.2) is 32.5 Å². The summed E-state index contributed by atoms with van der Waals surface area (Å²) in [5, 5.41) is 14.6. The summed E-state index contributed by atoms with van der Waals surface area (Å²) >= 11 is 5.14. The summed E-state index contributed by atoms with van der Waals surface area (Å²) in [5.41, 5.74) is 1.35. The number of quaternary nitrogens is 1. The Kier molecular flexibility index (Phi) is 5.81. The van der Waals surface area contributed by atoms with Crippen LogP contribution in [0.5, 0.6) is 0 Å². The van der Waals surface area contributed by atoms with Crippen LogP contribution in [0, 0.1) is 0 Å². The van der Waals surface area contributed by atoms with E-state index in [1.807, 2.05) is 7.05 Å². The maximum atomic E-state index is 3.94. The quantitative estimate of drug-likeness (QED) is 0.607. The van der Waals surface area contributed by atoms with E-state index in [9.17, 15) is 0 Å². The Labute approximate surface area is 125 Å². The Morgan fingerprint density at radius 3 is 2.79 bits per heavy atom. The first-order valence-corrected chi connectivity index (χ1v) is 7.95. The van der Waals surface area contributed by atoms with Gasteiger partial charge in [0, 0.05) is 29.3 Å². The molecule has 0 radical (unpaired) electrons. The number of aryl methyl sites for hydroxylation is 1. The topological polar surface area (TPSA) is 60.2 Å². The number of nitrogens with zero attached hydrogens (tertiary/aromatic N) is 4. The van der Waals surface area contributed by atoms with Crippen LogP contribution in [0.2, 0.25) is 0 Å². The number of benzene rings is 1. The van der Waals surface area contributed by atoms with Crippen LogP contribution in [0.15, 0.2) is 33.9 Å². The van der Waals surface area contributed by atoms with Crippen LogP contribution in [0.25, 0.3) is 0 Å². The Bertz CT molecular complexity index is 499. The fraction of sp³-hybridized carbons (Fsp3) is 0.417. The number of thioether (sulfide) groups is 1. The summed E-state index contributed by atoms with van der Waals surface area (Å²) < 4.78 is 2.83. The molecule has 1 aromatic heterocycles. The highest BCUT2D eigenvalue weighted by Crippen LogP contribution is 2.12. The highest BCUT2D eigenvalue weighted by atomic mass is 79.9. The monoisotopic (exact) mass is 342 g/mol. The van der Waals surface area contributed by atoms with E-state index in [0.717, 1.165) is 34.9 Å². The Hall–Kier alpha value is -0.920. The first-order chi connectivity index (χ1) is 9.25. The molecule has 0 aliphatic heterocycles. The van der Waals surface area contributed by atoms with Gasteiger partial charge >= 0.3 is 0 Å². The maximum Gasteiger partial charge on any atom is 0.209 e. The first-order valence-electron chi connectivity index (χ1n) is 6.17. The SMILES string of the molecule is Cn1nnnc1SCCC[NH2+]Cc1ccc(Br)cc1. The van der Waals surface area contributed by atoms with Gasteiger partial charge in [-0.2, -0.15) is 0 Å². The van der Waals surface area contributed by atoms with E-state index >= 15 is 0 Å². The van der Waals surface area contributed by atoms with E-state index in [1.54, 1.807) is 16.4 Å². The Balaban J connectivity index is 1.57. The predicted octanol–water partition coefficient (Wildman–Crippen LogP) is 1.22. The largest absolute Gasteiger partial charge is 0.342 e. The van der Waals surface area contributed by atoms with E-state index < -0.39 is 0 Å². The first kappa shape index (κ1) is 14.5. The van der Waals surface area contributed by atoms with E-state index in [2.05, 4.69) is 61.0 Å². The number of halogens is 1. The average molecular weight is 343 g/mol. The van der Waals surface area contributed by atoms with Crippen LogP contribution in [0.4, 0.5) is 0 Å².